The monoisotopic (exact) mass is 416 g/mol. The average Bonchev–Trinajstić information content (AvgIpc) is 2.72. The molecule has 2 aromatic carbocycles. The third kappa shape index (κ3) is 8.87. The maximum absolute atomic E-state index is 11.3. The van der Waals surface area contributed by atoms with Crippen LogP contribution in [0.25, 0.3) is 0 Å². The molecule has 0 fully saturated rings. The second-order valence-corrected chi connectivity index (χ2v) is 6.82. The molecule has 0 spiro atoms. The summed E-state index contributed by atoms with van der Waals surface area (Å²) in [5.74, 6) is -1.83. The molecule has 4 atom stereocenters. The average molecular weight is 416 g/mol. The molecule has 0 radical (unpaired) electrons. The van der Waals surface area contributed by atoms with Gasteiger partial charge in [-0.25, -0.2) is 0 Å². The lowest BCUT2D eigenvalue weighted by Gasteiger charge is -2.19. The van der Waals surface area contributed by atoms with Crippen LogP contribution in [0.4, 0.5) is 0 Å². The van der Waals surface area contributed by atoms with E-state index < -0.39 is 30.1 Å². The topological polar surface area (TPSA) is 158 Å². The summed E-state index contributed by atoms with van der Waals surface area (Å²) in [6.45, 7) is 3.47. The van der Waals surface area contributed by atoms with E-state index in [1.54, 1.807) is 55.5 Å². The summed E-state index contributed by atoms with van der Waals surface area (Å²) in [6.07, 6.45) is 0.0811. The zero-order chi connectivity index (χ0) is 22.7. The second-order valence-electron chi connectivity index (χ2n) is 6.82. The molecule has 2 rings (SSSR count). The minimum Gasteiger partial charge on any atom is -0.545 e. The van der Waals surface area contributed by atoms with Crippen molar-refractivity contribution in [3.05, 3.63) is 77.9 Å². The van der Waals surface area contributed by atoms with Gasteiger partial charge in [-0.2, -0.15) is 0 Å². The number of rotatable bonds is 7. The molecule has 8 nitrogen and oxygen atoms in total. The number of aliphatic hydroxyl groups excluding tert-OH is 2. The van der Waals surface area contributed by atoms with Crippen LogP contribution in [0, 0.1) is 0 Å². The lowest BCUT2D eigenvalue weighted by atomic mass is 10.0. The van der Waals surface area contributed by atoms with Gasteiger partial charge in [0, 0.05) is 6.08 Å². The lowest BCUT2D eigenvalue weighted by Crippen LogP contribution is -2.61. The predicted molar refractivity (Wildman–Crippen MR) is 109 cm³/mol. The van der Waals surface area contributed by atoms with Gasteiger partial charge in [-0.15, -0.1) is 0 Å². The zero-order valence-corrected chi connectivity index (χ0v) is 16.9. The lowest BCUT2D eigenvalue weighted by molar-refractivity contribution is -0.433. The number of aromatic hydroxyl groups is 1. The first-order valence-electron chi connectivity index (χ1n) is 9.34. The maximum Gasteiger partial charge on any atom is 0.244 e. The Morgan fingerprint density at radius 2 is 1.47 bits per heavy atom. The fraction of sp³-hybridized carbons (Fsp3) is 0.273. The van der Waals surface area contributed by atoms with Gasteiger partial charge in [-0.1, -0.05) is 42.5 Å². The van der Waals surface area contributed by atoms with E-state index in [4.69, 9.17) is 5.11 Å². The van der Waals surface area contributed by atoms with Crippen LogP contribution in [0.1, 0.15) is 37.2 Å². The number of benzene rings is 2. The van der Waals surface area contributed by atoms with Crippen molar-refractivity contribution in [2.45, 2.75) is 38.1 Å². The molecule has 0 aliphatic rings. The summed E-state index contributed by atoms with van der Waals surface area (Å²) in [7, 11) is 0. The van der Waals surface area contributed by atoms with E-state index >= 15 is 0 Å². The minimum absolute atomic E-state index is 0.0467. The van der Waals surface area contributed by atoms with E-state index in [2.05, 4.69) is 11.1 Å². The number of carboxylic acids is 1. The molecule has 30 heavy (non-hydrogen) atoms. The molecule has 0 bridgehead atoms. The van der Waals surface area contributed by atoms with Gasteiger partial charge in [0.1, 0.15) is 17.9 Å². The van der Waals surface area contributed by atoms with Crippen molar-refractivity contribution < 1.29 is 35.7 Å². The highest BCUT2D eigenvalue weighted by atomic mass is 16.4. The first-order chi connectivity index (χ1) is 14.1. The number of phenolic OH excluding ortho intramolecular Hbond substituents is 1. The van der Waals surface area contributed by atoms with E-state index in [9.17, 15) is 24.9 Å². The van der Waals surface area contributed by atoms with Crippen LogP contribution in [-0.2, 0) is 9.59 Å². The second kappa shape index (κ2) is 12.4. The van der Waals surface area contributed by atoms with Gasteiger partial charge in [0.25, 0.3) is 0 Å². The number of carboxylic acid groups (broad SMARTS) is 1. The van der Waals surface area contributed by atoms with Crippen LogP contribution in [0.5, 0.6) is 5.75 Å². The first-order valence-corrected chi connectivity index (χ1v) is 9.34. The number of hydrogen-bond acceptors (Lipinski definition) is 6. The van der Waals surface area contributed by atoms with E-state index in [0.29, 0.717) is 11.6 Å². The van der Waals surface area contributed by atoms with Crippen molar-refractivity contribution in [1.29, 1.82) is 0 Å². The highest BCUT2D eigenvalue weighted by molar-refractivity contribution is 5.93. The fourth-order valence-electron chi connectivity index (χ4n) is 2.43. The summed E-state index contributed by atoms with van der Waals surface area (Å²) in [5, 5.41) is 41.1. The summed E-state index contributed by atoms with van der Waals surface area (Å²) < 4.78 is 0. The molecule has 8 heteroatoms. The van der Waals surface area contributed by atoms with E-state index in [1.165, 1.54) is 0 Å². The molecule has 4 unspecified atom stereocenters. The first kappa shape index (κ1) is 24.8. The van der Waals surface area contributed by atoms with Gasteiger partial charge >= 0.3 is 0 Å². The van der Waals surface area contributed by atoms with Crippen LogP contribution in [0.2, 0.25) is 0 Å². The number of carbonyl (C=O) groups is 2. The normalized spacial score (nSPS) is 14.7. The summed E-state index contributed by atoms with van der Waals surface area (Å²) in [4.78, 5) is 21.4. The summed E-state index contributed by atoms with van der Waals surface area (Å²) in [6, 6.07) is 14.8. The predicted octanol–water partition coefficient (Wildman–Crippen LogP) is -0.413. The minimum atomic E-state index is -1.44. The van der Waals surface area contributed by atoms with Crippen molar-refractivity contribution in [1.82, 2.24) is 5.32 Å². The van der Waals surface area contributed by atoms with Crippen LogP contribution < -0.4 is 16.2 Å². The highest BCUT2D eigenvalue weighted by Crippen LogP contribution is 2.18. The van der Waals surface area contributed by atoms with Crippen molar-refractivity contribution in [2.24, 2.45) is 0 Å². The van der Waals surface area contributed by atoms with Gasteiger partial charge in [-0.05, 0) is 43.2 Å². The molecule has 1 amide bonds. The Balaban J connectivity index is 0.000000325. The van der Waals surface area contributed by atoms with Gasteiger partial charge in [0.2, 0.25) is 5.91 Å². The number of amides is 1. The Labute approximate surface area is 175 Å². The van der Waals surface area contributed by atoms with Crippen LogP contribution in [0.3, 0.4) is 0 Å². The number of hydrogen-bond donors (Lipinski definition) is 5. The number of carbonyl (C=O) groups excluding carboxylic acids is 2. The molecule has 0 aromatic heterocycles. The number of quaternary nitrogens is 1. The largest absolute Gasteiger partial charge is 0.545 e. The van der Waals surface area contributed by atoms with Crippen molar-refractivity contribution in [3.8, 4) is 5.75 Å². The molecular weight excluding hydrogens is 388 g/mol. The molecule has 0 heterocycles. The molecule has 0 saturated heterocycles. The molecule has 162 valence electrons. The molecule has 7 N–H and O–H groups in total. The number of phenols is 1. The Bertz CT molecular complexity index is 821. The number of nitrogens with one attached hydrogen (secondary N) is 1. The smallest absolute Gasteiger partial charge is 0.244 e. The number of aliphatic hydroxyl groups is 2. The number of aliphatic carboxylic acids is 1. The van der Waals surface area contributed by atoms with Crippen molar-refractivity contribution in [3.63, 3.8) is 0 Å². The van der Waals surface area contributed by atoms with Gasteiger partial charge in [-0.3, -0.25) is 4.79 Å². The van der Waals surface area contributed by atoms with Crippen molar-refractivity contribution in [2.75, 3.05) is 0 Å². The molecule has 2 aromatic rings. The van der Waals surface area contributed by atoms with Gasteiger partial charge in [0.05, 0.1) is 18.1 Å². The third-order valence-corrected chi connectivity index (χ3v) is 4.13. The molecule has 0 aliphatic carbocycles. The molecule has 0 aliphatic heterocycles. The Kier molecular flexibility index (Phi) is 10.3. The fourth-order valence-corrected chi connectivity index (χ4v) is 2.43. The van der Waals surface area contributed by atoms with Crippen molar-refractivity contribution >= 4 is 11.9 Å². The Morgan fingerprint density at radius 3 is 1.97 bits per heavy atom. The zero-order valence-electron chi connectivity index (χ0n) is 16.9. The van der Waals surface area contributed by atoms with Crippen LogP contribution >= 0.6 is 0 Å². The van der Waals surface area contributed by atoms with Crippen LogP contribution in [-0.4, -0.2) is 39.3 Å². The molecule has 0 saturated carbocycles. The standard InChI is InChI=1S/C13H15NO4.C9H13NO2/c1-9(14-11(15)7-8-12(16)17)13(18)10-5-3-2-4-6-10;1-6(10)9(12)7-2-4-8(11)5-3-7/h2-9,13,18H,1H3,(H,14,15)(H,16,17);2-6,9,11-12H,10H2,1H3/b8-7+;. The SMILES string of the molecule is CC(NC(=O)/C=C/C(=O)[O-])C(O)c1ccccc1.CC([NH3+])C(O)c1ccc(O)cc1. The Hall–Kier alpha value is -3.20. The Morgan fingerprint density at radius 1 is 0.933 bits per heavy atom. The molecular formula is C22H28N2O6. The van der Waals surface area contributed by atoms with Gasteiger partial charge < -0.3 is 36.3 Å². The summed E-state index contributed by atoms with van der Waals surface area (Å²) >= 11 is 0. The van der Waals surface area contributed by atoms with E-state index in [-0.39, 0.29) is 11.8 Å². The van der Waals surface area contributed by atoms with E-state index in [0.717, 1.165) is 11.6 Å². The van der Waals surface area contributed by atoms with E-state index in [1.807, 2.05) is 13.0 Å². The van der Waals surface area contributed by atoms with Gasteiger partial charge in [0.15, 0.2) is 0 Å². The third-order valence-electron chi connectivity index (χ3n) is 4.13. The van der Waals surface area contributed by atoms with Crippen LogP contribution in [0.15, 0.2) is 66.7 Å². The quantitative estimate of drug-likeness (QED) is 0.386. The maximum atomic E-state index is 11.3. The highest BCUT2D eigenvalue weighted by Gasteiger charge is 2.17. The summed E-state index contributed by atoms with van der Waals surface area (Å²) in [5.41, 5.74) is 5.19.